The molecule has 1 fully saturated rings. The highest BCUT2D eigenvalue weighted by atomic mass is 16.2. The predicted molar refractivity (Wildman–Crippen MR) is 63.8 cm³/mol. The minimum absolute atomic E-state index is 0.355. The predicted octanol–water partition coefficient (Wildman–Crippen LogP) is 3.24. The maximum atomic E-state index is 12.4. The lowest BCUT2D eigenvalue weighted by atomic mass is 9.96. The first-order chi connectivity index (χ1) is 7.86. The summed E-state index contributed by atoms with van der Waals surface area (Å²) in [7, 11) is 0. The largest absolute Gasteiger partial charge is 0.316 e. The average molecular weight is 219 g/mol. The average Bonchev–Trinajstić information content (AvgIpc) is 2.98. The summed E-state index contributed by atoms with van der Waals surface area (Å²) in [6.07, 6.45) is 11.0. The van der Waals surface area contributed by atoms with Crippen LogP contribution in [0.2, 0.25) is 0 Å². The second kappa shape index (κ2) is 4.23. The molecule has 0 aromatic rings. The lowest BCUT2D eigenvalue weighted by molar-refractivity contribution is -0.133. The van der Waals surface area contributed by atoms with Gasteiger partial charge >= 0.3 is 0 Å². The van der Waals surface area contributed by atoms with Crippen LogP contribution in [0.15, 0.2) is 11.3 Å². The molecule has 0 bridgehead atoms. The first kappa shape index (κ1) is 10.4. The van der Waals surface area contributed by atoms with Gasteiger partial charge in [0.2, 0.25) is 5.91 Å². The van der Waals surface area contributed by atoms with Crippen LogP contribution in [0.4, 0.5) is 0 Å². The fourth-order valence-electron chi connectivity index (χ4n) is 3.57. The van der Waals surface area contributed by atoms with Crippen molar-refractivity contribution in [3.05, 3.63) is 11.3 Å². The van der Waals surface area contributed by atoms with Gasteiger partial charge in [0.25, 0.3) is 0 Å². The molecule has 2 nitrogen and oxygen atoms in total. The highest BCUT2D eigenvalue weighted by molar-refractivity contribution is 5.81. The second-order valence-corrected chi connectivity index (χ2v) is 5.48. The molecule has 1 amide bonds. The third-order valence-corrected chi connectivity index (χ3v) is 4.48. The quantitative estimate of drug-likeness (QED) is 0.663. The summed E-state index contributed by atoms with van der Waals surface area (Å²) in [6.45, 7) is 0.986. The van der Waals surface area contributed by atoms with Crippen molar-refractivity contribution in [1.82, 2.24) is 4.90 Å². The second-order valence-electron chi connectivity index (χ2n) is 5.48. The third kappa shape index (κ3) is 1.68. The monoisotopic (exact) mass is 219 g/mol. The molecule has 0 unspecified atom stereocenters. The maximum Gasteiger partial charge on any atom is 0.229 e. The van der Waals surface area contributed by atoms with Crippen LogP contribution in [0, 0.1) is 5.92 Å². The van der Waals surface area contributed by atoms with E-state index in [1.165, 1.54) is 37.8 Å². The van der Waals surface area contributed by atoms with Crippen LogP contribution in [-0.4, -0.2) is 17.4 Å². The molecule has 0 radical (unpaired) electrons. The molecule has 3 aliphatic rings. The minimum Gasteiger partial charge on any atom is -0.316 e. The van der Waals surface area contributed by atoms with Crippen molar-refractivity contribution >= 4 is 5.91 Å². The Balaban J connectivity index is 1.75. The Bertz CT molecular complexity index is 326. The Morgan fingerprint density at radius 1 is 1.00 bits per heavy atom. The zero-order chi connectivity index (χ0) is 11.0. The van der Waals surface area contributed by atoms with Gasteiger partial charge in [-0.2, -0.15) is 0 Å². The third-order valence-electron chi connectivity index (χ3n) is 4.48. The van der Waals surface area contributed by atoms with Crippen molar-refractivity contribution in [2.75, 3.05) is 6.54 Å². The molecule has 2 heteroatoms. The number of hydrogen-bond acceptors (Lipinski definition) is 1. The highest BCUT2D eigenvalue weighted by Crippen LogP contribution is 2.37. The van der Waals surface area contributed by atoms with Crippen LogP contribution in [0.3, 0.4) is 0 Å². The maximum absolute atomic E-state index is 12.4. The van der Waals surface area contributed by atoms with E-state index in [0.29, 0.717) is 11.8 Å². The Hall–Kier alpha value is -0.790. The zero-order valence-electron chi connectivity index (χ0n) is 10.0. The molecular formula is C14H21NO. The summed E-state index contributed by atoms with van der Waals surface area (Å²) in [4.78, 5) is 14.5. The van der Waals surface area contributed by atoms with Crippen LogP contribution in [0.1, 0.15) is 57.8 Å². The fourth-order valence-corrected chi connectivity index (χ4v) is 3.57. The highest BCUT2D eigenvalue weighted by Gasteiger charge is 2.33. The Morgan fingerprint density at radius 2 is 1.75 bits per heavy atom. The van der Waals surface area contributed by atoms with E-state index in [-0.39, 0.29) is 0 Å². The Kier molecular flexibility index (Phi) is 2.74. The first-order valence-corrected chi connectivity index (χ1v) is 6.88. The zero-order valence-corrected chi connectivity index (χ0v) is 10.0. The molecule has 2 aliphatic carbocycles. The van der Waals surface area contributed by atoms with Gasteiger partial charge < -0.3 is 4.90 Å². The minimum atomic E-state index is 0.355. The number of rotatable bonds is 1. The van der Waals surface area contributed by atoms with E-state index in [2.05, 4.69) is 4.90 Å². The standard InChI is InChI=1S/C14H21NO/c16-14(12-6-1-2-7-12)15-10-9-11-5-3-4-8-13(11)15/h12H,1-10H2. The molecule has 0 aromatic heterocycles. The van der Waals surface area contributed by atoms with E-state index in [4.69, 9.17) is 0 Å². The molecular weight excluding hydrogens is 198 g/mol. The van der Waals surface area contributed by atoms with Crippen LogP contribution in [0.5, 0.6) is 0 Å². The summed E-state index contributed by atoms with van der Waals surface area (Å²) in [5, 5.41) is 0. The van der Waals surface area contributed by atoms with E-state index in [0.717, 1.165) is 32.2 Å². The summed E-state index contributed by atoms with van der Waals surface area (Å²) >= 11 is 0. The van der Waals surface area contributed by atoms with E-state index < -0.39 is 0 Å². The molecule has 0 aromatic carbocycles. The normalized spacial score (nSPS) is 26.4. The number of nitrogens with zero attached hydrogens (tertiary/aromatic N) is 1. The van der Waals surface area contributed by atoms with Crippen molar-refractivity contribution in [3.8, 4) is 0 Å². The number of amides is 1. The van der Waals surface area contributed by atoms with Crippen molar-refractivity contribution in [1.29, 1.82) is 0 Å². The topological polar surface area (TPSA) is 20.3 Å². The lowest BCUT2D eigenvalue weighted by Crippen LogP contribution is -2.33. The molecule has 1 aliphatic heterocycles. The van der Waals surface area contributed by atoms with Gasteiger partial charge in [0.1, 0.15) is 0 Å². The molecule has 0 spiro atoms. The number of carbonyl (C=O) groups is 1. The number of carbonyl (C=O) groups excluding carboxylic acids is 1. The molecule has 88 valence electrons. The van der Waals surface area contributed by atoms with Crippen LogP contribution in [0.25, 0.3) is 0 Å². The van der Waals surface area contributed by atoms with Crippen molar-refractivity contribution in [2.24, 2.45) is 5.92 Å². The molecule has 0 saturated heterocycles. The fraction of sp³-hybridized carbons (Fsp3) is 0.786. The Labute approximate surface area is 97.7 Å². The Morgan fingerprint density at radius 3 is 2.56 bits per heavy atom. The molecule has 0 atom stereocenters. The first-order valence-electron chi connectivity index (χ1n) is 6.88. The van der Waals surface area contributed by atoms with Gasteiger partial charge in [-0.15, -0.1) is 0 Å². The van der Waals surface area contributed by atoms with Gasteiger partial charge in [0, 0.05) is 18.2 Å². The summed E-state index contributed by atoms with van der Waals surface area (Å²) < 4.78 is 0. The molecule has 3 rings (SSSR count). The summed E-state index contributed by atoms with van der Waals surface area (Å²) in [6, 6.07) is 0. The summed E-state index contributed by atoms with van der Waals surface area (Å²) in [5.41, 5.74) is 3.01. The molecule has 16 heavy (non-hydrogen) atoms. The van der Waals surface area contributed by atoms with Crippen molar-refractivity contribution in [2.45, 2.75) is 57.8 Å². The van der Waals surface area contributed by atoms with Gasteiger partial charge in [-0.25, -0.2) is 0 Å². The van der Waals surface area contributed by atoms with Crippen molar-refractivity contribution < 1.29 is 4.79 Å². The molecule has 0 N–H and O–H groups in total. The SMILES string of the molecule is O=C(C1CCCC1)N1CCC2=C1CCCC2. The molecule has 1 heterocycles. The van der Waals surface area contributed by atoms with E-state index in [9.17, 15) is 4.79 Å². The van der Waals surface area contributed by atoms with Crippen LogP contribution >= 0.6 is 0 Å². The number of hydrogen-bond donors (Lipinski definition) is 0. The van der Waals surface area contributed by atoms with E-state index in [1.54, 1.807) is 5.57 Å². The summed E-state index contributed by atoms with van der Waals surface area (Å²) in [5.74, 6) is 0.804. The smallest absolute Gasteiger partial charge is 0.229 e. The van der Waals surface area contributed by atoms with Gasteiger partial charge in [-0.1, -0.05) is 12.8 Å². The van der Waals surface area contributed by atoms with Gasteiger partial charge in [-0.05, 0) is 50.5 Å². The van der Waals surface area contributed by atoms with E-state index in [1.807, 2.05) is 0 Å². The van der Waals surface area contributed by atoms with Gasteiger partial charge in [-0.3, -0.25) is 4.79 Å². The van der Waals surface area contributed by atoms with Crippen molar-refractivity contribution in [3.63, 3.8) is 0 Å². The van der Waals surface area contributed by atoms with Crippen LogP contribution < -0.4 is 0 Å². The van der Waals surface area contributed by atoms with Gasteiger partial charge in [0.05, 0.1) is 0 Å². The number of allylic oxidation sites excluding steroid dienone is 1. The van der Waals surface area contributed by atoms with Gasteiger partial charge in [0.15, 0.2) is 0 Å². The van der Waals surface area contributed by atoms with E-state index >= 15 is 0 Å². The van der Waals surface area contributed by atoms with Crippen LogP contribution in [-0.2, 0) is 4.79 Å². The lowest BCUT2D eigenvalue weighted by Gasteiger charge is -2.25. The molecule has 1 saturated carbocycles.